The molecule has 6 heteroatoms. The van der Waals surface area contributed by atoms with Gasteiger partial charge in [0, 0.05) is 5.02 Å². The molecule has 3 rings (SSSR count). The summed E-state index contributed by atoms with van der Waals surface area (Å²) in [4.78, 5) is 25.4. The van der Waals surface area contributed by atoms with Crippen molar-refractivity contribution < 1.29 is 9.59 Å². The van der Waals surface area contributed by atoms with Crippen molar-refractivity contribution >= 4 is 40.8 Å². The Bertz CT molecular complexity index is 555. The summed E-state index contributed by atoms with van der Waals surface area (Å²) in [5.74, 6) is -0.233. The summed E-state index contributed by atoms with van der Waals surface area (Å²) in [6.07, 6.45) is 2.32. The molecule has 0 radical (unpaired) electrons. The van der Waals surface area contributed by atoms with Gasteiger partial charge in [-0.25, -0.2) is 9.69 Å². The highest BCUT2D eigenvalue weighted by Crippen LogP contribution is 2.41. The molecule has 4 nitrogen and oxygen atoms in total. The van der Waals surface area contributed by atoms with E-state index in [2.05, 4.69) is 5.32 Å². The molecule has 1 saturated heterocycles. The van der Waals surface area contributed by atoms with Crippen LogP contribution in [0, 0.1) is 0 Å². The van der Waals surface area contributed by atoms with Crippen molar-refractivity contribution in [2.75, 3.05) is 4.90 Å². The lowest BCUT2D eigenvalue weighted by molar-refractivity contribution is -0.124. The van der Waals surface area contributed by atoms with Crippen molar-refractivity contribution in [3.8, 4) is 0 Å². The Kier molecular flexibility index (Phi) is 2.54. The third-order valence-corrected chi connectivity index (χ3v) is 4.07. The molecule has 2 fully saturated rings. The van der Waals surface area contributed by atoms with Crippen molar-refractivity contribution in [3.05, 3.63) is 28.2 Å². The number of amides is 3. The molecule has 0 unspecified atom stereocenters. The Morgan fingerprint density at radius 3 is 2.50 bits per heavy atom. The van der Waals surface area contributed by atoms with Crippen molar-refractivity contribution in [2.24, 2.45) is 0 Å². The van der Waals surface area contributed by atoms with Crippen molar-refractivity contribution in [3.63, 3.8) is 0 Å². The van der Waals surface area contributed by atoms with E-state index in [1.165, 1.54) is 6.07 Å². The molecule has 1 heterocycles. The maximum absolute atomic E-state index is 12.3. The number of carbonyl (C=O) groups excluding carboxylic acids is 2. The Morgan fingerprint density at radius 1 is 1.22 bits per heavy atom. The Morgan fingerprint density at radius 2 is 1.94 bits per heavy atom. The van der Waals surface area contributed by atoms with Crippen LogP contribution in [0.25, 0.3) is 0 Å². The van der Waals surface area contributed by atoms with E-state index in [0.29, 0.717) is 28.6 Å². The van der Waals surface area contributed by atoms with Crippen LogP contribution in [0.1, 0.15) is 19.3 Å². The number of imide groups is 1. The molecule has 1 aromatic carbocycles. The van der Waals surface area contributed by atoms with E-state index in [0.717, 1.165) is 11.3 Å². The lowest BCUT2D eigenvalue weighted by Gasteiger charge is -2.34. The standard InChI is InChI=1S/C12H10Cl2N2O2/c13-7-2-3-8(14)9(6-7)16-10(17)12(4-1-5-12)15-11(16)18/h2-3,6H,1,4-5H2,(H,15,18). The molecule has 0 aromatic heterocycles. The average molecular weight is 285 g/mol. The minimum atomic E-state index is -0.706. The fourth-order valence-electron chi connectivity index (χ4n) is 2.37. The second-order valence-electron chi connectivity index (χ2n) is 4.60. The number of hydrogen-bond donors (Lipinski definition) is 1. The van der Waals surface area contributed by atoms with Gasteiger partial charge in [-0.15, -0.1) is 0 Å². The van der Waals surface area contributed by atoms with Crippen LogP contribution in [0.3, 0.4) is 0 Å². The smallest absolute Gasteiger partial charge is 0.323 e. The first kappa shape index (κ1) is 11.8. The zero-order chi connectivity index (χ0) is 12.9. The van der Waals surface area contributed by atoms with Crippen LogP contribution < -0.4 is 10.2 Å². The Labute approximate surface area is 114 Å². The zero-order valence-corrected chi connectivity index (χ0v) is 10.9. The van der Waals surface area contributed by atoms with Gasteiger partial charge in [0.2, 0.25) is 0 Å². The normalized spacial score (nSPS) is 21.1. The minimum Gasteiger partial charge on any atom is -0.323 e. The molecule has 3 amide bonds. The predicted molar refractivity (Wildman–Crippen MR) is 69.1 cm³/mol. The molecule has 1 aliphatic carbocycles. The van der Waals surface area contributed by atoms with Gasteiger partial charge in [0.15, 0.2) is 0 Å². The molecule has 18 heavy (non-hydrogen) atoms. The SMILES string of the molecule is O=C1NC2(CCC2)C(=O)N1c1cc(Cl)ccc1Cl. The van der Waals surface area contributed by atoms with E-state index < -0.39 is 11.6 Å². The molecule has 0 bridgehead atoms. The highest BCUT2D eigenvalue weighted by atomic mass is 35.5. The summed E-state index contributed by atoms with van der Waals surface area (Å²) in [6.45, 7) is 0. The van der Waals surface area contributed by atoms with Gasteiger partial charge in [-0.3, -0.25) is 4.79 Å². The van der Waals surface area contributed by atoms with Crippen LogP contribution in [0.2, 0.25) is 10.0 Å². The number of hydrogen-bond acceptors (Lipinski definition) is 2. The zero-order valence-electron chi connectivity index (χ0n) is 9.37. The van der Waals surface area contributed by atoms with Crippen molar-refractivity contribution in [2.45, 2.75) is 24.8 Å². The van der Waals surface area contributed by atoms with E-state index >= 15 is 0 Å². The second-order valence-corrected chi connectivity index (χ2v) is 5.45. The van der Waals surface area contributed by atoms with Crippen molar-refractivity contribution in [1.29, 1.82) is 0 Å². The van der Waals surface area contributed by atoms with E-state index in [4.69, 9.17) is 23.2 Å². The van der Waals surface area contributed by atoms with Gasteiger partial charge >= 0.3 is 6.03 Å². The molecule has 1 aromatic rings. The van der Waals surface area contributed by atoms with Gasteiger partial charge < -0.3 is 5.32 Å². The van der Waals surface area contributed by atoms with Crippen LogP contribution in [0.4, 0.5) is 10.5 Å². The quantitative estimate of drug-likeness (QED) is 0.806. The first-order valence-electron chi connectivity index (χ1n) is 5.65. The minimum absolute atomic E-state index is 0.233. The van der Waals surface area contributed by atoms with Gasteiger partial charge in [-0.05, 0) is 37.5 Å². The Hall–Kier alpha value is -1.26. The number of halogens is 2. The van der Waals surface area contributed by atoms with Crippen molar-refractivity contribution in [1.82, 2.24) is 5.32 Å². The van der Waals surface area contributed by atoms with Gasteiger partial charge in [-0.1, -0.05) is 23.2 Å². The van der Waals surface area contributed by atoms with Crippen LogP contribution in [0.5, 0.6) is 0 Å². The molecular weight excluding hydrogens is 275 g/mol. The summed E-state index contributed by atoms with van der Waals surface area (Å²) in [6, 6.07) is 4.29. The van der Waals surface area contributed by atoms with E-state index in [9.17, 15) is 9.59 Å². The number of urea groups is 1. The number of nitrogens with zero attached hydrogens (tertiary/aromatic N) is 1. The summed E-state index contributed by atoms with van der Waals surface area (Å²) in [5.41, 5.74) is -0.363. The topological polar surface area (TPSA) is 49.4 Å². The summed E-state index contributed by atoms with van der Waals surface area (Å²) < 4.78 is 0. The van der Waals surface area contributed by atoms with Crippen LogP contribution in [-0.4, -0.2) is 17.5 Å². The van der Waals surface area contributed by atoms with Crippen LogP contribution in [0.15, 0.2) is 18.2 Å². The van der Waals surface area contributed by atoms with Crippen LogP contribution in [-0.2, 0) is 4.79 Å². The third-order valence-electron chi connectivity index (χ3n) is 3.52. The molecule has 94 valence electrons. The molecule has 1 spiro atoms. The summed E-state index contributed by atoms with van der Waals surface area (Å²) in [7, 11) is 0. The fourth-order valence-corrected chi connectivity index (χ4v) is 2.73. The highest BCUT2D eigenvalue weighted by Gasteiger charge is 2.55. The lowest BCUT2D eigenvalue weighted by atomic mass is 9.77. The van der Waals surface area contributed by atoms with E-state index in [-0.39, 0.29) is 5.91 Å². The number of rotatable bonds is 1. The maximum atomic E-state index is 12.3. The molecule has 1 saturated carbocycles. The maximum Gasteiger partial charge on any atom is 0.329 e. The number of anilines is 1. The number of carbonyl (C=O) groups is 2. The van der Waals surface area contributed by atoms with Gasteiger partial charge in [0.25, 0.3) is 5.91 Å². The molecule has 1 N–H and O–H groups in total. The number of benzene rings is 1. The summed E-state index contributed by atoms with van der Waals surface area (Å²) >= 11 is 11.9. The highest BCUT2D eigenvalue weighted by molar-refractivity contribution is 6.38. The predicted octanol–water partition coefficient (Wildman–Crippen LogP) is 2.97. The Balaban J connectivity index is 2.04. The third kappa shape index (κ3) is 1.52. The summed E-state index contributed by atoms with van der Waals surface area (Å²) in [5, 5.41) is 3.51. The first-order valence-corrected chi connectivity index (χ1v) is 6.41. The van der Waals surface area contributed by atoms with Gasteiger partial charge in [0.05, 0.1) is 10.7 Å². The van der Waals surface area contributed by atoms with E-state index in [1.54, 1.807) is 12.1 Å². The fraction of sp³-hybridized carbons (Fsp3) is 0.333. The van der Waals surface area contributed by atoms with Gasteiger partial charge in [-0.2, -0.15) is 0 Å². The lowest BCUT2D eigenvalue weighted by Crippen LogP contribution is -2.52. The van der Waals surface area contributed by atoms with Crippen LogP contribution >= 0.6 is 23.2 Å². The second kappa shape index (κ2) is 3.87. The van der Waals surface area contributed by atoms with E-state index in [1.807, 2.05) is 0 Å². The average Bonchev–Trinajstić information content (AvgIpc) is 2.54. The molecule has 2 aliphatic rings. The molecular formula is C12H10Cl2N2O2. The largest absolute Gasteiger partial charge is 0.329 e. The number of nitrogens with one attached hydrogen (secondary N) is 1. The molecule has 0 atom stereocenters. The first-order chi connectivity index (χ1) is 8.53. The monoisotopic (exact) mass is 284 g/mol. The molecule has 1 aliphatic heterocycles. The van der Waals surface area contributed by atoms with Gasteiger partial charge in [0.1, 0.15) is 5.54 Å².